The quantitative estimate of drug-likeness (QED) is 0.461. The number of piperazine rings is 1. The van der Waals surface area contributed by atoms with E-state index in [2.05, 4.69) is 36.3 Å². The highest BCUT2D eigenvalue weighted by Gasteiger charge is 2.26. The molecule has 2 aliphatic rings. The van der Waals surface area contributed by atoms with Crippen molar-refractivity contribution in [2.24, 2.45) is 11.8 Å². The third-order valence-corrected chi connectivity index (χ3v) is 4.30. The predicted molar refractivity (Wildman–Crippen MR) is 89.5 cm³/mol. The fourth-order valence-electron chi connectivity index (χ4n) is 2.84. The maximum Gasteiger partial charge on any atom is 0.219 e. The molecule has 2 rings (SSSR count). The lowest BCUT2D eigenvalue weighted by Crippen LogP contribution is -2.47. The number of nitrogens with one attached hydrogen (secondary N) is 1. The predicted octanol–water partition coefficient (Wildman–Crippen LogP) is 1.76. The van der Waals surface area contributed by atoms with E-state index >= 15 is 0 Å². The molecule has 5 nitrogen and oxygen atoms in total. The number of carbonyl (C=O) groups is 1. The Morgan fingerprint density at radius 2 is 1.68 bits per heavy atom. The van der Waals surface area contributed by atoms with Crippen LogP contribution in [0, 0.1) is 5.92 Å². The summed E-state index contributed by atoms with van der Waals surface area (Å²) in [5.74, 6) is 6.19. The van der Waals surface area contributed by atoms with Gasteiger partial charge in [0.05, 0.1) is 0 Å². The van der Waals surface area contributed by atoms with Crippen molar-refractivity contribution in [3.05, 3.63) is 35.2 Å². The number of hydrogen-bond donors (Lipinski definition) is 2. The van der Waals surface area contributed by atoms with E-state index in [1.807, 2.05) is 4.90 Å². The van der Waals surface area contributed by atoms with Crippen LogP contribution in [0.2, 0.25) is 0 Å². The SMILES string of the molecule is CC(=O)N1CCN(C(/C=C(\C=C\NN)C2CC2)=C(C)C)CC1. The molecule has 2 fully saturated rings. The van der Waals surface area contributed by atoms with Gasteiger partial charge in [0.25, 0.3) is 0 Å². The van der Waals surface area contributed by atoms with E-state index in [9.17, 15) is 4.79 Å². The summed E-state index contributed by atoms with van der Waals surface area (Å²) >= 11 is 0. The number of nitrogens with two attached hydrogens (primary N) is 1. The molecule has 0 bridgehead atoms. The molecule has 0 atom stereocenters. The molecule has 122 valence electrons. The average molecular weight is 304 g/mol. The third-order valence-electron chi connectivity index (χ3n) is 4.30. The first kappa shape index (κ1) is 16.6. The van der Waals surface area contributed by atoms with Crippen molar-refractivity contribution in [3.63, 3.8) is 0 Å². The van der Waals surface area contributed by atoms with Crippen LogP contribution in [-0.2, 0) is 4.79 Å². The molecule has 1 heterocycles. The van der Waals surface area contributed by atoms with Gasteiger partial charge in [0.1, 0.15) is 0 Å². The number of hydrogen-bond acceptors (Lipinski definition) is 4. The van der Waals surface area contributed by atoms with E-state index in [4.69, 9.17) is 5.84 Å². The molecule has 1 saturated carbocycles. The van der Waals surface area contributed by atoms with Crippen LogP contribution < -0.4 is 11.3 Å². The number of allylic oxidation sites excluding steroid dienone is 4. The van der Waals surface area contributed by atoms with Crippen LogP contribution in [0.25, 0.3) is 0 Å². The zero-order valence-corrected chi connectivity index (χ0v) is 13.9. The van der Waals surface area contributed by atoms with Gasteiger partial charge in [-0.05, 0) is 50.3 Å². The molecule has 0 aromatic rings. The molecule has 1 aliphatic carbocycles. The number of carbonyl (C=O) groups excluding carboxylic acids is 1. The molecule has 1 amide bonds. The maximum absolute atomic E-state index is 11.5. The molecular formula is C17H28N4O. The summed E-state index contributed by atoms with van der Waals surface area (Å²) in [6, 6.07) is 0. The van der Waals surface area contributed by atoms with Crippen LogP contribution in [0.5, 0.6) is 0 Å². The summed E-state index contributed by atoms with van der Waals surface area (Å²) in [5, 5.41) is 0. The van der Waals surface area contributed by atoms with Crippen LogP contribution in [0.15, 0.2) is 35.2 Å². The lowest BCUT2D eigenvalue weighted by molar-refractivity contribution is -0.130. The molecule has 22 heavy (non-hydrogen) atoms. The van der Waals surface area contributed by atoms with Crippen molar-refractivity contribution in [2.45, 2.75) is 33.6 Å². The van der Waals surface area contributed by atoms with Crippen LogP contribution >= 0.6 is 0 Å². The second-order valence-electron chi connectivity index (χ2n) is 6.30. The molecule has 3 N–H and O–H groups in total. The normalized spacial score (nSPS) is 19.5. The van der Waals surface area contributed by atoms with Crippen molar-refractivity contribution in [2.75, 3.05) is 26.2 Å². The minimum Gasteiger partial charge on any atom is -0.368 e. The Morgan fingerprint density at radius 3 is 2.14 bits per heavy atom. The molecule has 0 unspecified atom stereocenters. The van der Waals surface area contributed by atoms with E-state index in [0.717, 1.165) is 26.2 Å². The molecular weight excluding hydrogens is 276 g/mol. The van der Waals surface area contributed by atoms with Crippen LogP contribution in [-0.4, -0.2) is 41.9 Å². The highest BCUT2D eigenvalue weighted by Crippen LogP contribution is 2.38. The second kappa shape index (κ2) is 7.49. The van der Waals surface area contributed by atoms with Gasteiger partial charge in [0, 0.05) is 45.0 Å². The molecule has 0 aromatic heterocycles. The highest BCUT2D eigenvalue weighted by molar-refractivity contribution is 5.73. The highest BCUT2D eigenvalue weighted by atomic mass is 16.2. The number of hydrazine groups is 1. The van der Waals surface area contributed by atoms with Crippen molar-refractivity contribution >= 4 is 5.91 Å². The standard InChI is InChI=1S/C17H28N4O/c1-13(2)17(12-16(6-7-19-18)15-4-5-15)21-10-8-20(9-11-21)14(3)22/h6-7,12,15,19H,4-5,8-11,18H2,1-3H3/b7-6+,16-12+. The summed E-state index contributed by atoms with van der Waals surface area (Å²) in [6.45, 7) is 9.35. The average Bonchev–Trinajstić information content (AvgIpc) is 3.32. The third kappa shape index (κ3) is 4.37. The van der Waals surface area contributed by atoms with Crippen molar-refractivity contribution in [1.82, 2.24) is 15.2 Å². The monoisotopic (exact) mass is 304 g/mol. The fraction of sp³-hybridized carbons (Fsp3) is 0.588. The van der Waals surface area contributed by atoms with Gasteiger partial charge in [0.2, 0.25) is 5.91 Å². The maximum atomic E-state index is 11.5. The topological polar surface area (TPSA) is 61.6 Å². The minimum absolute atomic E-state index is 0.171. The summed E-state index contributed by atoms with van der Waals surface area (Å²) in [7, 11) is 0. The first-order chi connectivity index (χ1) is 10.5. The number of amides is 1. The number of rotatable bonds is 5. The summed E-state index contributed by atoms with van der Waals surface area (Å²) in [5.41, 5.74) is 6.52. The van der Waals surface area contributed by atoms with Gasteiger partial charge in [-0.3, -0.25) is 10.6 Å². The minimum atomic E-state index is 0.171. The molecule has 1 saturated heterocycles. The van der Waals surface area contributed by atoms with Gasteiger partial charge in [-0.2, -0.15) is 0 Å². The van der Waals surface area contributed by atoms with E-state index in [1.54, 1.807) is 13.1 Å². The van der Waals surface area contributed by atoms with Crippen LogP contribution in [0.4, 0.5) is 0 Å². The molecule has 0 radical (unpaired) electrons. The van der Waals surface area contributed by atoms with Gasteiger partial charge in [-0.25, -0.2) is 0 Å². The fourth-order valence-corrected chi connectivity index (χ4v) is 2.84. The van der Waals surface area contributed by atoms with E-state index in [1.165, 1.54) is 29.7 Å². The van der Waals surface area contributed by atoms with Gasteiger partial charge >= 0.3 is 0 Å². The summed E-state index contributed by atoms with van der Waals surface area (Å²) in [6.07, 6.45) is 8.68. The zero-order valence-electron chi connectivity index (χ0n) is 13.9. The first-order valence-electron chi connectivity index (χ1n) is 8.05. The Hall–Kier alpha value is -1.75. The Balaban J connectivity index is 2.12. The Labute approximate surface area is 133 Å². The van der Waals surface area contributed by atoms with Crippen molar-refractivity contribution in [1.29, 1.82) is 0 Å². The summed E-state index contributed by atoms with van der Waals surface area (Å²) in [4.78, 5) is 15.8. The van der Waals surface area contributed by atoms with Gasteiger partial charge in [0.15, 0.2) is 0 Å². The lowest BCUT2D eigenvalue weighted by atomic mass is 10.1. The summed E-state index contributed by atoms with van der Waals surface area (Å²) < 4.78 is 0. The van der Waals surface area contributed by atoms with Gasteiger partial charge in [-0.1, -0.05) is 5.57 Å². The largest absolute Gasteiger partial charge is 0.368 e. The van der Waals surface area contributed by atoms with Gasteiger partial charge < -0.3 is 15.2 Å². The Bertz CT molecular complexity index is 491. The van der Waals surface area contributed by atoms with Gasteiger partial charge in [-0.15, -0.1) is 0 Å². The van der Waals surface area contributed by atoms with E-state index < -0.39 is 0 Å². The smallest absolute Gasteiger partial charge is 0.219 e. The van der Waals surface area contributed by atoms with Crippen LogP contribution in [0.1, 0.15) is 33.6 Å². The first-order valence-corrected chi connectivity index (χ1v) is 8.05. The Kier molecular flexibility index (Phi) is 5.66. The van der Waals surface area contributed by atoms with E-state index in [0.29, 0.717) is 5.92 Å². The second-order valence-corrected chi connectivity index (χ2v) is 6.30. The molecule has 0 aromatic carbocycles. The zero-order chi connectivity index (χ0) is 16.1. The van der Waals surface area contributed by atoms with E-state index in [-0.39, 0.29) is 5.91 Å². The molecule has 5 heteroatoms. The molecule has 1 aliphatic heterocycles. The van der Waals surface area contributed by atoms with Crippen molar-refractivity contribution in [3.8, 4) is 0 Å². The number of nitrogens with zero attached hydrogens (tertiary/aromatic N) is 2. The molecule has 0 spiro atoms. The Morgan fingerprint density at radius 1 is 1.09 bits per heavy atom. The van der Waals surface area contributed by atoms with Crippen LogP contribution in [0.3, 0.4) is 0 Å². The lowest BCUT2D eigenvalue weighted by Gasteiger charge is -2.37. The van der Waals surface area contributed by atoms with Crippen molar-refractivity contribution < 1.29 is 4.79 Å².